The highest BCUT2D eigenvalue weighted by molar-refractivity contribution is 7.91. The molecule has 6 heteroatoms. The molecule has 0 aromatic heterocycles. The van der Waals surface area contributed by atoms with Crippen LogP contribution in [-0.2, 0) is 14.6 Å². The molecule has 18 heavy (non-hydrogen) atoms. The van der Waals surface area contributed by atoms with Crippen LogP contribution in [0.1, 0.15) is 33.6 Å². The Bertz CT molecular complexity index is 459. The van der Waals surface area contributed by atoms with Crippen molar-refractivity contribution in [1.29, 1.82) is 0 Å². The summed E-state index contributed by atoms with van der Waals surface area (Å²) in [6.07, 6.45) is 2.64. The fourth-order valence-corrected chi connectivity index (χ4v) is 4.31. The molecule has 2 fully saturated rings. The van der Waals surface area contributed by atoms with E-state index in [0.29, 0.717) is 6.54 Å². The molecule has 1 aliphatic heterocycles. The van der Waals surface area contributed by atoms with Gasteiger partial charge in [0, 0.05) is 24.8 Å². The first-order chi connectivity index (χ1) is 8.04. The Labute approximate surface area is 108 Å². The highest BCUT2D eigenvalue weighted by Gasteiger charge is 2.60. The van der Waals surface area contributed by atoms with Crippen LogP contribution in [0.2, 0.25) is 0 Å². The van der Waals surface area contributed by atoms with Crippen LogP contribution in [0.4, 0.5) is 4.79 Å². The molecule has 1 atom stereocenters. The van der Waals surface area contributed by atoms with Gasteiger partial charge in [-0.25, -0.2) is 13.2 Å². The smallest absolute Gasteiger partial charge is 0.410 e. The Morgan fingerprint density at radius 2 is 1.89 bits per heavy atom. The van der Waals surface area contributed by atoms with Gasteiger partial charge in [0.1, 0.15) is 5.60 Å². The minimum absolute atomic E-state index is 0.190. The van der Waals surface area contributed by atoms with E-state index in [4.69, 9.17) is 4.74 Å². The number of nitrogens with zero attached hydrogens (tertiary/aromatic N) is 1. The van der Waals surface area contributed by atoms with Gasteiger partial charge in [-0.15, -0.1) is 0 Å². The van der Waals surface area contributed by atoms with Crippen LogP contribution in [0.5, 0.6) is 0 Å². The Morgan fingerprint density at radius 1 is 1.33 bits per heavy atom. The molecule has 104 valence electrons. The van der Waals surface area contributed by atoms with E-state index in [-0.39, 0.29) is 12.0 Å². The number of hydrogen-bond acceptors (Lipinski definition) is 4. The molecule has 0 bridgehead atoms. The van der Waals surface area contributed by atoms with Crippen LogP contribution < -0.4 is 0 Å². The molecule has 0 N–H and O–H groups in total. The van der Waals surface area contributed by atoms with Crippen LogP contribution in [0.25, 0.3) is 0 Å². The molecule has 1 unspecified atom stereocenters. The third-order valence-electron chi connectivity index (χ3n) is 3.64. The van der Waals surface area contributed by atoms with E-state index in [1.807, 2.05) is 20.8 Å². The van der Waals surface area contributed by atoms with Gasteiger partial charge >= 0.3 is 6.09 Å². The predicted octanol–water partition coefficient (Wildman–Crippen LogP) is 1.43. The summed E-state index contributed by atoms with van der Waals surface area (Å²) < 4.78 is 28.8. The summed E-state index contributed by atoms with van der Waals surface area (Å²) in [5.41, 5.74) is -0.735. The van der Waals surface area contributed by atoms with E-state index in [2.05, 4.69) is 0 Å². The van der Waals surface area contributed by atoms with Gasteiger partial charge in [-0.2, -0.15) is 0 Å². The molecule has 1 heterocycles. The van der Waals surface area contributed by atoms with Gasteiger partial charge in [0.15, 0.2) is 9.84 Å². The molecule has 1 spiro atoms. The standard InChI is InChI=1S/C12H21NO4S/c1-11(2,3)17-10(14)13-7-9(18(4,15)16)12(8-13)5-6-12/h9H,5-8H2,1-4H3. The summed E-state index contributed by atoms with van der Waals surface area (Å²) in [6, 6.07) is 0. The third-order valence-corrected chi connectivity index (χ3v) is 5.32. The van der Waals surface area contributed by atoms with E-state index in [1.165, 1.54) is 6.26 Å². The fraction of sp³-hybridized carbons (Fsp3) is 0.917. The third kappa shape index (κ3) is 2.63. The molecule has 0 aromatic rings. The summed E-state index contributed by atoms with van der Waals surface area (Å²) in [7, 11) is -3.11. The first kappa shape index (κ1) is 13.6. The second kappa shape index (κ2) is 3.85. The van der Waals surface area contributed by atoms with Crippen molar-refractivity contribution in [2.24, 2.45) is 5.41 Å². The molecule has 0 aromatic carbocycles. The Balaban J connectivity index is 2.09. The van der Waals surface area contributed by atoms with Crippen molar-refractivity contribution < 1.29 is 17.9 Å². The van der Waals surface area contributed by atoms with Crippen molar-refractivity contribution in [3.8, 4) is 0 Å². The summed E-state index contributed by atoms with van der Waals surface area (Å²) in [5, 5.41) is -0.419. The summed E-state index contributed by atoms with van der Waals surface area (Å²) in [6.45, 7) is 6.21. The Kier molecular flexibility index (Phi) is 2.92. The van der Waals surface area contributed by atoms with Crippen molar-refractivity contribution >= 4 is 15.9 Å². The number of sulfone groups is 1. The summed E-state index contributed by atoms with van der Waals surface area (Å²) >= 11 is 0. The van der Waals surface area contributed by atoms with E-state index in [0.717, 1.165) is 12.8 Å². The number of carbonyl (C=O) groups is 1. The van der Waals surface area contributed by atoms with Crippen molar-refractivity contribution in [3.05, 3.63) is 0 Å². The lowest BCUT2D eigenvalue weighted by molar-refractivity contribution is 0.0286. The molecule has 1 aliphatic carbocycles. The first-order valence-electron chi connectivity index (χ1n) is 6.20. The molecule has 1 saturated heterocycles. The van der Waals surface area contributed by atoms with E-state index in [9.17, 15) is 13.2 Å². The fourth-order valence-electron chi connectivity index (χ4n) is 2.64. The second-order valence-corrected chi connectivity index (χ2v) is 8.77. The average Bonchev–Trinajstić information content (AvgIpc) is 2.72. The van der Waals surface area contributed by atoms with Crippen LogP contribution >= 0.6 is 0 Å². The van der Waals surface area contributed by atoms with Gasteiger partial charge in [-0.05, 0) is 33.6 Å². The SMILES string of the molecule is CC(C)(C)OC(=O)N1CC(S(C)(=O)=O)C2(CC2)C1. The topological polar surface area (TPSA) is 63.7 Å². The lowest BCUT2D eigenvalue weighted by atomic mass is 10.1. The van der Waals surface area contributed by atoms with Gasteiger partial charge in [-0.1, -0.05) is 0 Å². The van der Waals surface area contributed by atoms with Crippen LogP contribution in [0.3, 0.4) is 0 Å². The maximum absolute atomic E-state index is 12.0. The number of ether oxygens (including phenoxy) is 1. The van der Waals surface area contributed by atoms with Crippen molar-refractivity contribution in [2.45, 2.75) is 44.5 Å². The number of likely N-dealkylation sites (tertiary alicyclic amines) is 1. The van der Waals surface area contributed by atoms with Gasteiger partial charge in [0.25, 0.3) is 0 Å². The van der Waals surface area contributed by atoms with E-state index < -0.39 is 26.8 Å². The molecule has 5 nitrogen and oxygen atoms in total. The Morgan fingerprint density at radius 3 is 2.22 bits per heavy atom. The minimum atomic E-state index is -3.11. The lowest BCUT2D eigenvalue weighted by Crippen LogP contribution is -2.36. The number of rotatable bonds is 1. The van der Waals surface area contributed by atoms with Crippen LogP contribution in [0, 0.1) is 5.41 Å². The largest absolute Gasteiger partial charge is 0.444 e. The highest BCUT2D eigenvalue weighted by Crippen LogP contribution is 2.55. The molecule has 2 aliphatic rings. The zero-order valence-corrected chi connectivity index (χ0v) is 12.2. The maximum atomic E-state index is 12.0. The summed E-state index contributed by atoms with van der Waals surface area (Å²) in [4.78, 5) is 13.5. The number of carbonyl (C=O) groups excluding carboxylic acids is 1. The first-order valence-corrected chi connectivity index (χ1v) is 8.16. The van der Waals surface area contributed by atoms with Crippen LogP contribution in [0.15, 0.2) is 0 Å². The molecular weight excluding hydrogens is 254 g/mol. The maximum Gasteiger partial charge on any atom is 0.410 e. The Hall–Kier alpha value is -0.780. The normalized spacial score (nSPS) is 26.4. The number of amides is 1. The lowest BCUT2D eigenvalue weighted by Gasteiger charge is -2.24. The molecule has 2 rings (SSSR count). The van der Waals surface area contributed by atoms with Crippen molar-refractivity contribution in [2.75, 3.05) is 19.3 Å². The molecule has 1 saturated carbocycles. The van der Waals surface area contributed by atoms with E-state index in [1.54, 1.807) is 4.90 Å². The second-order valence-electron chi connectivity index (χ2n) is 6.54. The van der Waals surface area contributed by atoms with Crippen molar-refractivity contribution in [3.63, 3.8) is 0 Å². The molecule has 1 amide bonds. The zero-order chi connectivity index (χ0) is 13.8. The summed E-state index contributed by atoms with van der Waals surface area (Å²) in [5.74, 6) is 0. The van der Waals surface area contributed by atoms with Crippen molar-refractivity contribution in [1.82, 2.24) is 4.90 Å². The van der Waals surface area contributed by atoms with Gasteiger partial charge in [0.05, 0.1) is 5.25 Å². The monoisotopic (exact) mass is 275 g/mol. The zero-order valence-electron chi connectivity index (χ0n) is 11.4. The quantitative estimate of drug-likeness (QED) is 0.726. The van der Waals surface area contributed by atoms with Gasteiger partial charge in [-0.3, -0.25) is 0 Å². The molecular formula is C12H21NO4S. The average molecular weight is 275 g/mol. The predicted molar refractivity (Wildman–Crippen MR) is 68.1 cm³/mol. The minimum Gasteiger partial charge on any atom is -0.444 e. The van der Waals surface area contributed by atoms with E-state index >= 15 is 0 Å². The van der Waals surface area contributed by atoms with Gasteiger partial charge < -0.3 is 9.64 Å². The molecule has 0 radical (unpaired) electrons. The number of hydrogen-bond donors (Lipinski definition) is 0. The van der Waals surface area contributed by atoms with Gasteiger partial charge in [0.2, 0.25) is 0 Å². The highest BCUT2D eigenvalue weighted by atomic mass is 32.2. The van der Waals surface area contributed by atoms with Crippen LogP contribution in [-0.4, -0.2) is 49.6 Å².